The maximum atomic E-state index is 13.2. The van der Waals surface area contributed by atoms with Gasteiger partial charge in [0.25, 0.3) is 5.91 Å². The summed E-state index contributed by atoms with van der Waals surface area (Å²) in [5, 5.41) is 3.54. The quantitative estimate of drug-likeness (QED) is 0.751. The molecular weight excluding hydrogens is 338 g/mol. The molecular formula is C22H23N3O2. The van der Waals surface area contributed by atoms with E-state index in [0.717, 1.165) is 29.1 Å². The monoisotopic (exact) mass is 361 g/mol. The summed E-state index contributed by atoms with van der Waals surface area (Å²) >= 11 is 0. The van der Waals surface area contributed by atoms with Crippen LogP contribution in [0.2, 0.25) is 0 Å². The number of nitrogens with zero attached hydrogens (tertiary/aromatic N) is 2. The number of methoxy groups -OCH3 is 1. The number of amides is 1. The van der Waals surface area contributed by atoms with Crippen molar-refractivity contribution in [3.8, 4) is 5.75 Å². The van der Waals surface area contributed by atoms with Crippen LogP contribution < -0.4 is 10.1 Å². The lowest BCUT2D eigenvalue weighted by atomic mass is 10.0. The minimum absolute atomic E-state index is 0.0593. The van der Waals surface area contributed by atoms with E-state index in [1.54, 1.807) is 7.11 Å². The Morgan fingerprint density at radius 3 is 2.52 bits per heavy atom. The van der Waals surface area contributed by atoms with Gasteiger partial charge in [-0.05, 0) is 48.4 Å². The topological polar surface area (TPSA) is 46.5 Å². The molecule has 138 valence electrons. The van der Waals surface area contributed by atoms with Crippen molar-refractivity contribution >= 4 is 11.6 Å². The molecule has 5 heteroatoms. The van der Waals surface area contributed by atoms with Crippen molar-refractivity contribution in [1.82, 2.24) is 9.47 Å². The molecule has 0 saturated carbocycles. The molecule has 1 aliphatic rings. The molecule has 4 rings (SSSR count). The summed E-state index contributed by atoms with van der Waals surface area (Å²) in [5.74, 6) is 0.897. The van der Waals surface area contributed by atoms with E-state index in [1.807, 2.05) is 72.7 Å². The van der Waals surface area contributed by atoms with Crippen LogP contribution in [0.25, 0.3) is 0 Å². The molecule has 5 nitrogen and oxygen atoms in total. The number of aromatic nitrogens is 1. The number of hydrogen-bond acceptors (Lipinski definition) is 3. The zero-order chi connectivity index (χ0) is 18.8. The number of ether oxygens (including phenoxy) is 1. The van der Waals surface area contributed by atoms with Gasteiger partial charge in [0.2, 0.25) is 0 Å². The van der Waals surface area contributed by atoms with Crippen molar-refractivity contribution in [2.45, 2.75) is 12.6 Å². The minimum atomic E-state index is -0.189. The number of fused-ring (bicyclic) bond motifs is 1. The first-order valence-electron chi connectivity index (χ1n) is 9.08. The molecule has 0 bridgehead atoms. The molecule has 1 atom stereocenters. The summed E-state index contributed by atoms with van der Waals surface area (Å²) in [4.78, 5) is 15.1. The summed E-state index contributed by atoms with van der Waals surface area (Å²) in [7, 11) is 3.67. The van der Waals surface area contributed by atoms with Gasteiger partial charge in [-0.3, -0.25) is 4.79 Å². The van der Waals surface area contributed by atoms with Crippen molar-refractivity contribution in [3.63, 3.8) is 0 Å². The lowest BCUT2D eigenvalue weighted by molar-refractivity contribution is 0.0680. The van der Waals surface area contributed by atoms with Crippen LogP contribution in [0.15, 0.2) is 66.9 Å². The molecule has 1 aliphatic heterocycles. The highest BCUT2D eigenvalue weighted by atomic mass is 16.5. The fraction of sp³-hybridized carbons (Fsp3) is 0.227. The highest BCUT2D eigenvalue weighted by Gasteiger charge is 2.33. The Labute approximate surface area is 159 Å². The van der Waals surface area contributed by atoms with E-state index in [1.165, 1.54) is 5.56 Å². The minimum Gasteiger partial charge on any atom is -0.497 e. The van der Waals surface area contributed by atoms with E-state index < -0.39 is 0 Å². The molecule has 1 N–H and O–H groups in total. The predicted molar refractivity (Wildman–Crippen MR) is 106 cm³/mol. The second-order valence-corrected chi connectivity index (χ2v) is 6.73. The lowest BCUT2D eigenvalue weighted by Gasteiger charge is -2.38. The predicted octanol–water partition coefficient (Wildman–Crippen LogP) is 3.84. The average Bonchev–Trinajstić information content (AvgIpc) is 3.13. The Hall–Kier alpha value is -3.21. The van der Waals surface area contributed by atoms with Gasteiger partial charge in [-0.15, -0.1) is 0 Å². The van der Waals surface area contributed by atoms with Gasteiger partial charge in [0.1, 0.15) is 11.9 Å². The van der Waals surface area contributed by atoms with E-state index in [0.29, 0.717) is 6.54 Å². The van der Waals surface area contributed by atoms with Crippen LogP contribution in [-0.2, 0) is 13.5 Å². The molecule has 0 spiro atoms. The van der Waals surface area contributed by atoms with Crippen LogP contribution in [0, 0.1) is 0 Å². The molecule has 0 fully saturated rings. The van der Waals surface area contributed by atoms with Crippen LogP contribution in [-0.4, -0.2) is 29.0 Å². The second kappa shape index (κ2) is 7.19. The number of aryl methyl sites for hydroxylation is 1. The Bertz CT molecular complexity index is 946. The van der Waals surface area contributed by atoms with Crippen LogP contribution in [0.1, 0.15) is 27.8 Å². The molecule has 0 saturated heterocycles. The molecule has 1 amide bonds. The SMILES string of the molecule is COc1ccc(CCN2C(=O)c3ccccc3N[C@@H]2c2cccn2C)cc1. The van der Waals surface area contributed by atoms with Crippen molar-refractivity contribution in [2.75, 3.05) is 19.0 Å². The van der Waals surface area contributed by atoms with Gasteiger partial charge in [0.05, 0.1) is 18.4 Å². The molecule has 0 radical (unpaired) electrons. The van der Waals surface area contributed by atoms with E-state index >= 15 is 0 Å². The average molecular weight is 361 g/mol. The summed E-state index contributed by atoms with van der Waals surface area (Å²) < 4.78 is 7.28. The smallest absolute Gasteiger partial charge is 0.257 e. The van der Waals surface area contributed by atoms with Crippen LogP contribution >= 0.6 is 0 Å². The van der Waals surface area contributed by atoms with Crippen molar-refractivity contribution in [2.24, 2.45) is 7.05 Å². The third-order valence-corrected chi connectivity index (χ3v) is 5.09. The van der Waals surface area contributed by atoms with Crippen LogP contribution in [0.4, 0.5) is 5.69 Å². The first kappa shape index (κ1) is 17.2. The first-order chi connectivity index (χ1) is 13.2. The highest BCUT2D eigenvalue weighted by molar-refractivity contribution is 6.01. The molecule has 2 heterocycles. The fourth-order valence-corrected chi connectivity index (χ4v) is 3.56. The number of para-hydroxylation sites is 1. The second-order valence-electron chi connectivity index (χ2n) is 6.73. The molecule has 0 unspecified atom stereocenters. The summed E-state index contributed by atoms with van der Waals surface area (Å²) in [6, 6.07) is 19.8. The van der Waals surface area contributed by atoms with Gasteiger partial charge < -0.3 is 19.5 Å². The third kappa shape index (κ3) is 3.28. The van der Waals surface area contributed by atoms with Gasteiger partial charge in [-0.2, -0.15) is 0 Å². The van der Waals surface area contributed by atoms with Gasteiger partial charge in [0.15, 0.2) is 0 Å². The lowest BCUT2D eigenvalue weighted by Crippen LogP contribution is -2.44. The Morgan fingerprint density at radius 2 is 1.81 bits per heavy atom. The number of rotatable bonds is 5. The summed E-state index contributed by atoms with van der Waals surface area (Å²) in [5.41, 5.74) is 3.84. The molecule has 1 aromatic heterocycles. The van der Waals surface area contributed by atoms with Crippen molar-refractivity contribution < 1.29 is 9.53 Å². The van der Waals surface area contributed by atoms with E-state index in [-0.39, 0.29) is 12.1 Å². The number of benzene rings is 2. The summed E-state index contributed by atoms with van der Waals surface area (Å²) in [6.07, 6.45) is 2.59. The number of anilines is 1. The van der Waals surface area contributed by atoms with E-state index in [2.05, 4.69) is 16.0 Å². The maximum absolute atomic E-state index is 13.2. The van der Waals surface area contributed by atoms with Crippen LogP contribution in [0.3, 0.4) is 0 Å². The normalized spacial score (nSPS) is 16.0. The standard InChI is InChI=1S/C22H23N3O2/c1-24-14-5-8-20(24)21-23-19-7-4-3-6-18(19)22(26)25(21)15-13-16-9-11-17(27-2)12-10-16/h3-12,14,21,23H,13,15H2,1-2H3/t21-/m0/s1. The summed E-state index contributed by atoms with van der Waals surface area (Å²) in [6.45, 7) is 0.627. The molecule has 0 aliphatic carbocycles. The Kier molecular flexibility index (Phi) is 4.59. The zero-order valence-electron chi connectivity index (χ0n) is 15.6. The molecule has 27 heavy (non-hydrogen) atoms. The maximum Gasteiger partial charge on any atom is 0.257 e. The largest absolute Gasteiger partial charge is 0.497 e. The van der Waals surface area contributed by atoms with Gasteiger partial charge in [0, 0.05) is 25.5 Å². The van der Waals surface area contributed by atoms with Crippen molar-refractivity contribution in [3.05, 3.63) is 83.7 Å². The molecule has 3 aromatic rings. The van der Waals surface area contributed by atoms with Crippen molar-refractivity contribution in [1.29, 1.82) is 0 Å². The first-order valence-corrected chi connectivity index (χ1v) is 9.08. The Morgan fingerprint density at radius 1 is 1.04 bits per heavy atom. The highest BCUT2D eigenvalue weighted by Crippen LogP contribution is 2.33. The third-order valence-electron chi connectivity index (χ3n) is 5.09. The fourth-order valence-electron chi connectivity index (χ4n) is 3.56. The number of nitrogens with one attached hydrogen (secondary N) is 1. The van der Waals surface area contributed by atoms with Gasteiger partial charge >= 0.3 is 0 Å². The molecule has 2 aromatic carbocycles. The van der Waals surface area contributed by atoms with E-state index in [4.69, 9.17) is 4.74 Å². The van der Waals surface area contributed by atoms with Gasteiger partial charge in [-0.25, -0.2) is 0 Å². The number of carbonyl (C=O) groups excluding carboxylic acids is 1. The number of hydrogen-bond donors (Lipinski definition) is 1. The van der Waals surface area contributed by atoms with E-state index in [9.17, 15) is 4.79 Å². The van der Waals surface area contributed by atoms with Gasteiger partial charge in [-0.1, -0.05) is 24.3 Å². The van der Waals surface area contributed by atoms with Crippen LogP contribution in [0.5, 0.6) is 5.75 Å². The Balaban J connectivity index is 1.62. The number of carbonyl (C=O) groups is 1. The zero-order valence-corrected chi connectivity index (χ0v) is 15.6.